The number of aryl methyl sites for hydroxylation is 1. The molecule has 0 bridgehead atoms. The summed E-state index contributed by atoms with van der Waals surface area (Å²) in [7, 11) is -2.18. The fourth-order valence-corrected chi connectivity index (χ4v) is 2.98. The molecule has 2 rings (SSSR count). The number of benzene rings is 1. The lowest BCUT2D eigenvalue weighted by Gasteiger charge is -2.17. The lowest BCUT2D eigenvalue weighted by Crippen LogP contribution is -2.31. The van der Waals surface area contributed by atoms with Crippen LogP contribution >= 0.6 is 0 Å². The zero-order chi connectivity index (χ0) is 13.2. The molecule has 2 unspecified atom stereocenters. The molecule has 0 spiro atoms. The summed E-state index contributed by atoms with van der Waals surface area (Å²) in [6, 6.07) is 6.59. The van der Waals surface area contributed by atoms with Gasteiger partial charge in [0.2, 0.25) is 0 Å². The van der Waals surface area contributed by atoms with Crippen molar-refractivity contribution in [1.82, 2.24) is 5.32 Å². The van der Waals surface area contributed by atoms with E-state index in [4.69, 9.17) is 8.92 Å². The van der Waals surface area contributed by atoms with Crippen LogP contribution in [0.3, 0.4) is 0 Å². The summed E-state index contributed by atoms with van der Waals surface area (Å²) < 4.78 is 34.5. The van der Waals surface area contributed by atoms with Crippen molar-refractivity contribution in [2.45, 2.75) is 24.0 Å². The summed E-state index contributed by atoms with van der Waals surface area (Å²) in [5.41, 5.74) is 1.01. The molecule has 0 aromatic heterocycles. The smallest absolute Gasteiger partial charge is 0.297 e. The number of rotatable bonds is 4. The van der Waals surface area contributed by atoms with E-state index in [2.05, 4.69) is 5.32 Å². The maximum absolute atomic E-state index is 12.1. The third kappa shape index (κ3) is 2.89. The number of methoxy groups -OCH3 is 1. The first kappa shape index (κ1) is 13.5. The standard InChI is InChI=1S/C12H17NO4S/c1-9-3-5-10(6-4-9)18(14,15)17-12-8-13-7-11(12)16-2/h3-6,11-13H,7-8H2,1-2H3. The van der Waals surface area contributed by atoms with Crippen LogP contribution in [0.5, 0.6) is 0 Å². The van der Waals surface area contributed by atoms with E-state index in [1.165, 1.54) is 0 Å². The Labute approximate surface area is 107 Å². The molecule has 0 amide bonds. The highest BCUT2D eigenvalue weighted by atomic mass is 32.2. The number of nitrogens with one attached hydrogen (secondary N) is 1. The monoisotopic (exact) mass is 271 g/mol. The summed E-state index contributed by atoms with van der Waals surface area (Å²) >= 11 is 0. The number of ether oxygens (including phenoxy) is 1. The molecule has 0 saturated carbocycles. The van der Waals surface area contributed by atoms with Crippen molar-refractivity contribution in [1.29, 1.82) is 0 Å². The first-order chi connectivity index (χ1) is 8.53. The van der Waals surface area contributed by atoms with Gasteiger partial charge in [-0.15, -0.1) is 0 Å². The predicted octanol–water partition coefficient (Wildman–Crippen LogP) is 0.687. The van der Waals surface area contributed by atoms with Gasteiger partial charge in [0.1, 0.15) is 6.10 Å². The molecule has 0 radical (unpaired) electrons. The minimum atomic E-state index is -3.72. The minimum Gasteiger partial charge on any atom is -0.377 e. The van der Waals surface area contributed by atoms with Crippen LogP contribution < -0.4 is 5.32 Å². The summed E-state index contributed by atoms with van der Waals surface area (Å²) in [5.74, 6) is 0. The van der Waals surface area contributed by atoms with Crippen molar-refractivity contribution >= 4 is 10.1 Å². The SMILES string of the molecule is COC1CNCC1OS(=O)(=O)c1ccc(C)cc1. The van der Waals surface area contributed by atoms with Crippen molar-refractivity contribution in [2.24, 2.45) is 0 Å². The Kier molecular flexibility index (Phi) is 4.01. The van der Waals surface area contributed by atoms with Gasteiger partial charge in [-0.3, -0.25) is 4.18 Å². The Morgan fingerprint density at radius 3 is 2.39 bits per heavy atom. The van der Waals surface area contributed by atoms with Gasteiger partial charge in [-0.2, -0.15) is 8.42 Å². The van der Waals surface area contributed by atoms with Crippen LogP contribution in [0, 0.1) is 6.92 Å². The van der Waals surface area contributed by atoms with E-state index in [0.717, 1.165) is 5.56 Å². The zero-order valence-electron chi connectivity index (χ0n) is 10.4. The minimum absolute atomic E-state index is 0.176. The van der Waals surface area contributed by atoms with Crippen molar-refractivity contribution in [3.05, 3.63) is 29.8 Å². The van der Waals surface area contributed by atoms with Crippen molar-refractivity contribution < 1.29 is 17.3 Å². The van der Waals surface area contributed by atoms with Gasteiger partial charge in [0.25, 0.3) is 10.1 Å². The van der Waals surface area contributed by atoms with Crippen LogP contribution in [0.1, 0.15) is 5.56 Å². The fourth-order valence-electron chi connectivity index (χ4n) is 1.89. The molecule has 100 valence electrons. The summed E-state index contributed by atoms with van der Waals surface area (Å²) in [6.07, 6.45) is -0.702. The van der Waals surface area contributed by atoms with E-state index in [0.29, 0.717) is 13.1 Å². The van der Waals surface area contributed by atoms with Crippen LogP contribution in [0.2, 0.25) is 0 Å². The van der Waals surface area contributed by atoms with E-state index < -0.39 is 16.2 Å². The molecule has 1 aromatic carbocycles. The Bertz CT molecular complexity index is 497. The third-order valence-corrected chi connectivity index (χ3v) is 4.32. The van der Waals surface area contributed by atoms with Crippen LogP contribution in [-0.2, 0) is 19.0 Å². The maximum Gasteiger partial charge on any atom is 0.297 e. The second-order valence-electron chi connectivity index (χ2n) is 4.33. The molecule has 1 aliphatic heterocycles. The molecular weight excluding hydrogens is 254 g/mol. The van der Waals surface area contributed by atoms with E-state index in [1.807, 2.05) is 6.92 Å². The van der Waals surface area contributed by atoms with Gasteiger partial charge in [-0.25, -0.2) is 0 Å². The molecule has 1 saturated heterocycles. The van der Waals surface area contributed by atoms with Gasteiger partial charge in [0.15, 0.2) is 0 Å². The molecular formula is C12H17NO4S. The van der Waals surface area contributed by atoms with Gasteiger partial charge in [-0.05, 0) is 19.1 Å². The molecule has 1 aromatic rings. The number of hydrogen-bond donors (Lipinski definition) is 1. The summed E-state index contributed by atoms with van der Waals surface area (Å²) in [6.45, 7) is 2.98. The highest BCUT2D eigenvalue weighted by Crippen LogP contribution is 2.18. The van der Waals surface area contributed by atoms with Crippen LogP contribution in [-0.4, -0.2) is 40.8 Å². The van der Waals surface area contributed by atoms with E-state index in [-0.39, 0.29) is 11.0 Å². The van der Waals surface area contributed by atoms with Gasteiger partial charge in [0, 0.05) is 20.2 Å². The van der Waals surface area contributed by atoms with E-state index >= 15 is 0 Å². The molecule has 5 nitrogen and oxygen atoms in total. The Morgan fingerprint density at radius 1 is 1.17 bits per heavy atom. The molecule has 18 heavy (non-hydrogen) atoms. The zero-order valence-corrected chi connectivity index (χ0v) is 11.2. The van der Waals surface area contributed by atoms with Crippen LogP contribution in [0.4, 0.5) is 0 Å². The van der Waals surface area contributed by atoms with Crippen molar-refractivity contribution in [2.75, 3.05) is 20.2 Å². The molecule has 1 fully saturated rings. The second-order valence-corrected chi connectivity index (χ2v) is 5.91. The highest BCUT2D eigenvalue weighted by molar-refractivity contribution is 7.86. The topological polar surface area (TPSA) is 64.6 Å². The van der Waals surface area contributed by atoms with E-state index in [1.54, 1.807) is 31.4 Å². The van der Waals surface area contributed by atoms with Crippen molar-refractivity contribution in [3.63, 3.8) is 0 Å². The second kappa shape index (κ2) is 5.36. The molecule has 0 aliphatic carbocycles. The first-order valence-corrected chi connectivity index (χ1v) is 7.17. The van der Waals surface area contributed by atoms with E-state index in [9.17, 15) is 8.42 Å². The molecule has 1 N–H and O–H groups in total. The highest BCUT2D eigenvalue weighted by Gasteiger charge is 2.32. The Hall–Kier alpha value is -0.950. The van der Waals surface area contributed by atoms with Crippen LogP contribution in [0.15, 0.2) is 29.2 Å². The summed E-state index contributed by atoms with van der Waals surface area (Å²) in [4.78, 5) is 0.176. The molecule has 2 atom stereocenters. The molecule has 6 heteroatoms. The van der Waals surface area contributed by atoms with Gasteiger partial charge in [0.05, 0.1) is 11.0 Å². The first-order valence-electron chi connectivity index (χ1n) is 5.76. The largest absolute Gasteiger partial charge is 0.377 e. The Morgan fingerprint density at radius 2 is 1.78 bits per heavy atom. The summed E-state index contributed by atoms with van der Waals surface area (Å²) in [5, 5.41) is 3.04. The van der Waals surface area contributed by atoms with Gasteiger partial charge < -0.3 is 10.1 Å². The van der Waals surface area contributed by atoms with Crippen molar-refractivity contribution in [3.8, 4) is 0 Å². The third-order valence-electron chi connectivity index (χ3n) is 2.97. The van der Waals surface area contributed by atoms with Gasteiger partial charge >= 0.3 is 0 Å². The average molecular weight is 271 g/mol. The maximum atomic E-state index is 12.1. The fraction of sp³-hybridized carbons (Fsp3) is 0.500. The normalized spacial score (nSPS) is 24.3. The lowest BCUT2D eigenvalue weighted by molar-refractivity contribution is 0.0377. The number of hydrogen-bond acceptors (Lipinski definition) is 5. The quantitative estimate of drug-likeness (QED) is 0.816. The lowest BCUT2D eigenvalue weighted by atomic mass is 10.2. The molecule has 1 aliphatic rings. The van der Waals surface area contributed by atoms with Crippen LogP contribution in [0.25, 0.3) is 0 Å². The Balaban J connectivity index is 2.14. The molecule has 1 heterocycles. The predicted molar refractivity (Wildman–Crippen MR) is 66.9 cm³/mol. The van der Waals surface area contributed by atoms with Gasteiger partial charge in [-0.1, -0.05) is 17.7 Å². The average Bonchev–Trinajstić information content (AvgIpc) is 2.76.